The molecule has 0 radical (unpaired) electrons. The molecule has 5 nitrogen and oxygen atoms in total. The van der Waals surface area contributed by atoms with Gasteiger partial charge in [0.1, 0.15) is 0 Å². The Kier molecular flexibility index (Phi) is 2.42. The lowest BCUT2D eigenvalue weighted by molar-refractivity contribution is 0.0191. The van der Waals surface area contributed by atoms with Crippen LogP contribution in [0.4, 0.5) is 0 Å². The predicted molar refractivity (Wildman–Crippen MR) is 47.4 cm³/mol. The van der Waals surface area contributed by atoms with Crippen LogP contribution in [0.2, 0.25) is 0 Å². The van der Waals surface area contributed by atoms with E-state index in [1.54, 1.807) is 7.11 Å². The molecule has 1 atom stereocenters. The highest BCUT2D eigenvalue weighted by Crippen LogP contribution is 2.23. The minimum Gasteiger partial charge on any atom is -0.377 e. The number of hydrogen-bond donors (Lipinski definition) is 2. The molecule has 1 aliphatic rings. The Morgan fingerprint density at radius 2 is 2.33 bits per heavy atom. The van der Waals surface area contributed by atoms with Crippen LogP contribution in [0, 0.1) is 0 Å². The Morgan fingerprint density at radius 1 is 1.67 bits per heavy atom. The number of nitrogens with zero attached hydrogens (tertiary/aromatic N) is 2. The molecule has 5 heteroatoms. The lowest BCUT2D eigenvalue weighted by Crippen LogP contribution is -2.39. The summed E-state index contributed by atoms with van der Waals surface area (Å²) < 4.78 is 5.33. The van der Waals surface area contributed by atoms with Crippen LogP contribution in [0.15, 0.2) is 5.10 Å². The maximum Gasteiger partial charge on any atom is 0.213 e. The molecular formula is C7H16N4O. The SMILES string of the molecule is COC1(C)CCN(/C(N)=N/N)C1. The van der Waals surface area contributed by atoms with Gasteiger partial charge in [-0.05, 0) is 13.3 Å². The van der Waals surface area contributed by atoms with Crippen molar-refractivity contribution in [2.45, 2.75) is 18.9 Å². The molecule has 0 amide bonds. The van der Waals surface area contributed by atoms with Gasteiger partial charge in [0.15, 0.2) is 0 Å². The Morgan fingerprint density at radius 3 is 2.75 bits per heavy atom. The molecule has 1 heterocycles. The van der Waals surface area contributed by atoms with E-state index in [1.165, 1.54) is 0 Å². The monoisotopic (exact) mass is 172 g/mol. The summed E-state index contributed by atoms with van der Waals surface area (Å²) in [4.78, 5) is 1.92. The van der Waals surface area contributed by atoms with Crippen LogP contribution in [-0.2, 0) is 4.74 Å². The lowest BCUT2D eigenvalue weighted by atomic mass is 10.1. The summed E-state index contributed by atoms with van der Waals surface area (Å²) in [5.74, 6) is 5.45. The van der Waals surface area contributed by atoms with Gasteiger partial charge in [-0.2, -0.15) is 0 Å². The molecular weight excluding hydrogens is 156 g/mol. The Balaban J connectivity index is 2.56. The molecule has 0 aromatic heterocycles. The molecule has 0 spiro atoms. The summed E-state index contributed by atoms with van der Waals surface area (Å²) in [6.45, 7) is 3.67. The van der Waals surface area contributed by atoms with Crippen molar-refractivity contribution in [2.75, 3.05) is 20.2 Å². The van der Waals surface area contributed by atoms with Crippen molar-refractivity contribution in [3.8, 4) is 0 Å². The van der Waals surface area contributed by atoms with Crippen LogP contribution in [-0.4, -0.2) is 36.7 Å². The highest BCUT2D eigenvalue weighted by atomic mass is 16.5. The third-order valence-electron chi connectivity index (χ3n) is 2.38. The molecule has 1 rings (SSSR count). The van der Waals surface area contributed by atoms with E-state index in [0.29, 0.717) is 5.96 Å². The number of hydrazone groups is 1. The van der Waals surface area contributed by atoms with Crippen LogP contribution in [0.1, 0.15) is 13.3 Å². The van der Waals surface area contributed by atoms with Gasteiger partial charge >= 0.3 is 0 Å². The predicted octanol–water partition coefficient (Wildman–Crippen LogP) is -0.714. The number of methoxy groups -OCH3 is 1. The zero-order chi connectivity index (χ0) is 9.19. The van der Waals surface area contributed by atoms with Gasteiger partial charge in [-0.15, -0.1) is 5.10 Å². The van der Waals surface area contributed by atoms with Crippen LogP contribution in [0.5, 0.6) is 0 Å². The second kappa shape index (κ2) is 3.18. The first kappa shape index (κ1) is 9.12. The quantitative estimate of drug-likeness (QED) is 0.237. The molecule has 1 fully saturated rings. The number of likely N-dealkylation sites (tertiary alicyclic amines) is 1. The fourth-order valence-corrected chi connectivity index (χ4v) is 1.38. The van der Waals surface area contributed by atoms with Gasteiger partial charge in [0, 0.05) is 20.2 Å². The molecule has 70 valence electrons. The van der Waals surface area contributed by atoms with E-state index in [9.17, 15) is 0 Å². The highest BCUT2D eigenvalue weighted by molar-refractivity contribution is 5.78. The standard InChI is InChI=1S/C7H16N4O/c1-7(12-2)3-4-11(5-7)6(8)10-9/h3-5,9H2,1-2H3,(H2,8,10). The van der Waals surface area contributed by atoms with E-state index < -0.39 is 0 Å². The van der Waals surface area contributed by atoms with E-state index >= 15 is 0 Å². The van der Waals surface area contributed by atoms with Crippen LogP contribution >= 0.6 is 0 Å². The fourth-order valence-electron chi connectivity index (χ4n) is 1.38. The van der Waals surface area contributed by atoms with Gasteiger partial charge in [-0.25, -0.2) is 0 Å². The van der Waals surface area contributed by atoms with Crippen molar-refractivity contribution >= 4 is 5.96 Å². The number of guanidine groups is 1. The van der Waals surface area contributed by atoms with Crippen LogP contribution in [0.3, 0.4) is 0 Å². The Labute approximate surface area is 72.3 Å². The molecule has 1 aliphatic heterocycles. The molecule has 12 heavy (non-hydrogen) atoms. The summed E-state index contributed by atoms with van der Waals surface area (Å²) in [6, 6.07) is 0. The van der Waals surface area contributed by atoms with Crippen molar-refractivity contribution in [3.63, 3.8) is 0 Å². The van der Waals surface area contributed by atoms with E-state index in [1.807, 2.05) is 4.90 Å². The number of hydrogen-bond acceptors (Lipinski definition) is 3. The van der Waals surface area contributed by atoms with Gasteiger partial charge < -0.3 is 21.2 Å². The van der Waals surface area contributed by atoms with Crippen LogP contribution in [0.25, 0.3) is 0 Å². The summed E-state index contributed by atoms with van der Waals surface area (Å²) in [5.41, 5.74) is 5.45. The summed E-state index contributed by atoms with van der Waals surface area (Å²) in [5, 5.41) is 3.44. The third kappa shape index (κ3) is 1.61. The zero-order valence-corrected chi connectivity index (χ0v) is 7.58. The molecule has 0 bridgehead atoms. The first-order chi connectivity index (χ1) is 5.61. The normalized spacial score (nSPS) is 31.2. The zero-order valence-electron chi connectivity index (χ0n) is 7.58. The van der Waals surface area contributed by atoms with Crippen molar-refractivity contribution < 1.29 is 4.74 Å². The second-order valence-electron chi connectivity index (χ2n) is 3.31. The number of rotatable bonds is 1. The average molecular weight is 172 g/mol. The van der Waals surface area contributed by atoms with Crippen molar-refractivity contribution in [1.82, 2.24) is 4.90 Å². The van der Waals surface area contributed by atoms with Gasteiger partial charge in [-0.1, -0.05) is 0 Å². The molecule has 1 unspecified atom stereocenters. The van der Waals surface area contributed by atoms with Crippen molar-refractivity contribution in [2.24, 2.45) is 16.7 Å². The molecule has 0 aromatic rings. The van der Waals surface area contributed by atoms with E-state index in [4.69, 9.17) is 16.3 Å². The van der Waals surface area contributed by atoms with Gasteiger partial charge in [0.2, 0.25) is 5.96 Å². The molecule has 0 saturated carbocycles. The maximum absolute atomic E-state index is 5.55. The van der Waals surface area contributed by atoms with Gasteiger partial charge in [0.05, 0.1) is 5.60 Å². The van der Waals surface area contributed by atoms with E-state index in [0.717, 1.165) is 19.5 Å². The summed E-state index contributed by atoms with van der Waals surface area (Å²) in [6.07, 6.45) is 0.958. The van der Waals surface area contributed by atoms with Crippen molar-refractivity contribution in [3.05, 3.63) is 0 Å². The largest absolute Gasteiger partial charge is 0.377 e. The van der Waals surface area contributed by atoms with E-state index in [-0.39, 0.29) is 5.60 Å². The first-order valence-corrected chi connectivity index (χ1v) is 3.95. The van der Waals surface area contributed by atoms with Crippen molar-refractivity contribution in [1.29, 1.82) is 0 Å². The second-order valence-corrected chi connectivity index (χ2v) is 3.31. The smallest absolute Gasteiger partial charge is 0.213 e. The minimum absolute atomic E-state index is 0.102. The lowest BCUT2D eigenvalue weighted by Gasteiger charge is -2.22. The third-order valence-corrected chi connectivity index (χ3v) is 2.38. The molecule has 4 N–H and O–H groups in total. The molecule has 0 aliphatic carbocycles. The van der Waals surface area contributed by atoms with E-state index in [2.05, 4.69) is 12.0 Å². The first-order valence-electron chi connectivity index (χ1n) is 3.95. The summed E-state index contributed by atoms with van der Waals surface area (Å²) >= 11 is 0. The van der Waals surface area contributed by atoms with Gasteiger partial charge in [-0.3, -0.25) is 0 Å². The minimum atomic E-state index is -0.102. The fraction of sp³-hybridized carbons (Fsp3) is 0.857. The molecule has 1 saturated heterocycles. The Bertz CT molecular complexity index is 194. The average Bonchev–Trinajstić information content (AvgIpc) is 2.48. The highest BCUT2D eigenvalue weighted by Gasteiger charge is 2.34. The topological polar surface area (TPSA) is 76.9 Å². The Hall–Kier alpha value is -0.970. The van der Waals surface area contributed by atoms with Gasteiger partial charge in [0.25, 0.3) is 0 Å². The van der Waals surface area contributed by atoms with Crippen LogP contribution < -0.4 is 11.6 Å². The molecule has 0 aromatic carbocycles. The maximum atomic E-state index is 5.55. The number of nitrogens with two attached hydrogens (primary N) is 2. The summed E-state index contributed by atoms with van der Waals surface area (Å²) in [7, 11) is 1.71. The number of ether oxygens (including phenoxy) is 1.